The molecular formula is C16H15NO2. The molecule has 0 aromatic heterocycles. The third-order valence-corrected chi connectivity index (χ3v) is 3.79. The number of carbonyl (C=O) groups excluding carboxylic acids is 1. The number of aryl methyl sites for hydroxylation is 1. The number of fused-ring (bicyclic) bond motifs is 2. The molecule has 0 fully saturated rings. The van der Waals surface area contributed by atoms with Crippen molar-refractivity contribution in [2.24, 2.45) is 10.9 Å². The van der Waals surface area contributed by atoms with Gasteiger partial charge < -0.3 is 4.74 Å². The number of carbonyl (C=O) groups is 1. The number of Topliss-reactive ketones (excluding diaryl/α,β-unsaturated/α-hetero) is 1. The van der Waals surface area contributed by atoms with Gasteiger partial charge in [0.25, 0.3) is 0 Å². The van der Waals surface area contributed by atoms with Crippen LogP contribution in [0.1, 0.15) is 21.5 Å². The van der Waals surface area contributed by atoms with Gasteiger partial charge in [0.1, 0.15) is 5.76 Å². The summed E-state index contributed by atoms with van der Waals surface area (Å²) < 4.78 is 5.19. The summed E-state index contributed by atoms with van der Waals surface area (Å²) in [6.07, 6.45) is 5.55. The second-order valence-corrected chi connectivity index (χ2v) is 4.89. The second kappa shape index (κ2) is 4.19. The number of ketones is 1. The number of hydrogen-bond acceptors (Lipinski definition) is 3. The smallest absolute Gasteiger partial charge is 0.178 e. The minimum atomic E-state index is -0.311. The van der Waals surface area contributed by atoms with Gasteiger partial charge in [-0.1, -0.05) is 6.07 Å². The van der Waals surface area contributed by atoms with Crippen molar-refractivity contribution < 1.29 is 9.53 Å². The van der Waals surface area contributed by atoms with Crippen molar-refractivity contribution in [1.82, 2.24) is 0 Å². The third kappa shape index (κ3) is 1.73. The summed E-state index contributed by atoms with van der Waals surface area (Å²) in [6.45, 7) is 4.04. The van der Waals surface area contributed by atoms with E-state index >= 15 is 0 Å². The molecular weight excluding hydrogens is 238 g/mol. The molecule has 1 unspecified atom stereocenters. The van der Waals surface area contributed by atoms with E-state index in [1.165, 1.54) is 0 Å². The molecule has 1 aromatic carbocycles. The molecule has 1 aliphatic heterocycles. The maximum absolute atomic E-state index is 12.6. The molecule has 0 saturated carbocycles. The van der Waals surface area contributed by atoms with Crippen LogP contribution in [-0.2, 0) is 4.74 Å². The van der Waals surface area contributed by atoms with Crippen molar-refractivity contribution >= 4 is 17.2 Å². The molecule has 3 heteroatoms. The SMILES string of the molecule is COC1=CC2C(=O)c3ccc(C)c(C)c3N=C2C=C1. The second-order valence-electron chi connectivity index (χ2n) is 4.89. The van der Waals surface area contributed by atoms with Gasteiger partial charge in [-0.2, -0.15) is 0 Å². The first kappa shape index (κ1) is 11.9. The van der Waals surface area contributed by atoms with Crippen LogP contribution in [0.2, 0.25) is 0 Å². The molecule has 1 aliphatic carbocycles. The van der Waals surface area contributed by atoms with Crippen molar-refractivity contribution in [3.05, 3.63) is 52.8 Å². The monoisotopic (exact) mass is 253 g/mol. The number of aliphatic imine (C=N–C) groups is 1. The summed E-state index contributed by atoms with van der Waals surface area (Å²) in [5, 5.41) is 0. The van der Waals surface area contributed by atoms with E-state index in [0.717, 1.165) is 22.5 Å². The van der Waals surface area contributed by atoms with Gasteiger partial charge in [-0.3, -0.25) is 9.79 Å². The molecule has 0 N–H and O–H groups in total. The van der Waals surface area contributed by atoms with E-state index in [4.69, 9.17) is 4.74 Å². The molecule has 0 amide bonds. The molecule has 2 aliphatic rings. The Morgan fingerprint density at radius 3 is 2.74 bits per heavy atom. The highest BCUT2D eigenvalue weighted by Crippen LogP contribution is 2.35. The van der Waals surface area contributed by atoms with Crippen molar-refractivity contribution in [3.63, 3.8) is 0 Å². The summed E-state index contributed by atoms with van der Waals surface area (Å²) in [5.74, 6) is 0.501. The molecule has 1 heterocycles. The fourth-order valence-electron chi connectivity index (χ4n) is 2.47. The Kier molecular flexibility index (Phi) is 2.63. The lowest BCUT2D eigenvalue weighted by Crippen LogP contribution is -2.27. The maximum atomic E-state index is 12.6. The van der Waals surface area contributed by atoms with Crippen LogP contribution >= 0.6 is 0 Å². The number of rotatable bonds is 1. The number of benzene rings is 1. The van der Waals surface area contributed by atoms with Crippen LogP contribution in [0.4, 0.5) is 5.69 Å². The summed E-state index contributed by atoms with van der Waals surface area (Å²) in [4.78, 5) is 17.2. The van der Waals surface area contributed by atoms with Gasteiger partial charge in [0.15, 0.2) is 5.78 Å². The summed E-state index contributed by atoms with van der Waals surface area (Å²) in [6, 6.07) is 3.85. The molecule has 96 valence electrons. The molecule has 1 aromatic rings. The zero-order valence-electron chi connectivity index (χ0n) is 11.2. The molecule has 3 rings (SSSR count). The fourth-order valence-corrected chi connectivity index (χ4v) is 2.47. The lowest BCUT2D eigenvalue weighted by Gasteiger charge is -2.24. The van der Waals surface area contributed by atoms with E-state index in [1.54, 1.807) is 7.11 Å². The Labute approximate surface area is 112 Å². The number of nitrogens with zero attached hydrogens (tertiary/aromatic N) is 1. The maximum Gasteiger partial charge on any atom is 0.178 e. The normalized spacial score (nSPS) is 20.4. The molecule has 3 nitrogen and oxygen atoms in total. The molecule has 0 radical (unpaired) electrons. The predicted molar refractivity (Wildman–Crippen MR) is 75.1 cm³/mol. The Bertz CT molecular complexity index is 666. The highest BCUT2D eigenvalue weighted by atomic mass is 16.5. The Balaban J connectivity index is 2.18. The first-order valence-electron chi connectivity index (χ1n) is 6.28. The van der Waals surface area contributed by atoms with E-state index in [0.29, 0.717) is 11.3 Å². The van der Waals surface area contributed by atoms with Gasteiger partial charge in [0.05, 0.1) is 24.4 Å². The van der Waals surface area contributed by atoms with Gasteiger partial charge in [-0.25, -0.2) is 0 Å². The van der Waals surface area contributed by atoms with Crippen LogP contribution in [-0.4, -0.2) is 18.6 Å². The molecule has 0 saturated heterocycles. The average molecular weight is 253 g/mol. The van der Waals surface area contributed by atoms with Crippen molar-refractivity contribution in [3.8, 4) is 0 Å². The van der Waals surface area contributed by atoms with Crippen molar-refractivity contribution in [1.29, 1.82) is 0 Å². The van der Waals surface area contributed by atoms with Crippen molar-refractivity contribution in [2.45, 2.75) is 13.8 Å². The van der Waals surface area contributed by atoms with E-state index in [1.807, 2.05) is 44.2 Å². The Hall–Kier alpha value is -2.16. The number of hydrogen-bond donors (Lipinski definition) is 0. The molecule has 0 bridgehead atoms. The lowest BCUT2D eigenvalue weighted by molar-refractivity contribution is 0.0969. The predicted octanol–water partition coefficient (Wildman–Crippen LogP) is 3.29. The van der Waals surface area contributed by atoms with Crippen LogP contribution in [0.15, 0.2) is 41.1 Å². The lowest BCUT2D eigenvalue weighted by atomic mass is 9.84. The van der Waals surface area contributed by atoms with Gasteiger partial charge in [0, 0.05) is 5.56 Å². The van der Waals surface area contributed by atoms with Gasteiger partial charge in [-0.15, -0.1) is 0 Å². The van der Waals surface area contributed by atoms with Gasteiger partial charge in [-0.05, 0) is 49.3 Å². The Morgan fingerprint density at radius 2 is 2.00 bits per heavy atom. The van der Waals surface area contributed by atoms with E-state index in [9.17, 15) is 4.79 Å². The standard InChI is InChI=1S/C16H15NO2/c1-9-4-6-12-15(10(9)2)17-14-7-5-11(19-3)8-13(14)16(12)18/h4-8,13H,1-3H3. The fraction of sp³-hybridized carbons (Fsp3) is 0.250. The summed E-state index contributed by atoms with van der Waals surface area (Å²) in [7, 11) is 1.60. The third-order valence-electron chi connectivity index (χ3n) is 3.79. The topological polar surface area (TPSA) is 38.7 Å². The first-order chi connectivity index (χ1) is 9.11. The van der Waals surface area contributed by atoms with Crippen LogP contribution in [0.3, 0.4) is 0 Å². The number of methoxy groups -OCH3 is 1. The highest BCUT2D eigenvalue weighted by molar-refractivity contribution is 6.23. The highest BCUT2D eigenvalue weighted by Gasteiger charge is 2.31. The number of allylic oxidation sites excluding steroid dienone is 3. The van der Waals surface area contributed by atoms with Gasteiger partial charge in [0.2, 0.25) is 0 Å². The van der Waals surface area contributed by atoms with Crippen molar-refractivity contribution in [2.75, 3.05) is 7.11 Å². The van der Waals surface area contributed by atoms with E-state index in [-0.39, 0.29) is 11.7 Å². The van der Waals surface area contributed by atoms with E-state index < -0.39 is 0 Å². The Morgan fingerprint density at radius 1 is 1.21 bits per heavy atom. The largest absolute Gasteiger partial charge is 0.497 e. The quantitative estimate of drug-likeness (QED) is 0.770. The first-order valence-corrected chi connectivity index (χ1v) is 6.28. The molecule has 19 heavy (non-hydrogen) atoms. The van der Waals surface area contributed by atoms with Crippen LogP contribution in [0.5, 0.6) is 0 Å². The minimum absolute atomic E-state index is 0.0991. The van der Waals surface area contributed by atoms with Crippen LogP contribution in [0.25, 0.3) is 0 Å². The molecule has 1 atom stereocenters. The zero-order valence-corrected chi connectivity index (χ0v) is 11.2. The van der Waals surface area contributed by atoms with E-state index in [2.05, 4.69) is 4.99 Å². The van der Waals surface area contributed by atoms with Crippen LogP contribution < -0.4 is 0 Å². The average Bonchev–Trinajstić information content (AvgIpc) is 2.43. The summed E-state index contributed by atoms with van der Waals surface area (Å²) in [5.41, 5.74) is 4.55. The molecule has 0 spiro atoms. The zero-order chi connectivity index (χ0) is 13.6. The van der Waals surface area contributed by atoms with Crippen LogP contribution in [0, 0.1) is 19.8 Å². The minimum Gasteiger partial charge on any atom is -0.497 e. The number of ether oxygens (including phenoxy) is 1. The van der Waals surface area contributed by atoms with Gasteiger partial charge >= 0.3 is 0 Å². The summed E-state index contributed by atoms with van der Waals surface area (Å²) >= 11 is 0.